The Morgan fingerprint density at radius 2 is 0.694 bits per heavy atom. The van der Waals surface area contributed by atoms with Crippen LogP contribution < -0.4 is 114 Å². The highest BCUT2D eigenvalue weighted by atomic mass is 16.4. The molecule has 1 heterocycles. The molecule has 3 rings (SSSR count). The smallest absolute Gasteiger partial charge is 0.326 e. The van der Waals surface area contributed by atoms with Gasteiger partial charge in [-0.3, -0.25) is 82.7 Å². The fourth-order valence-electron chi connectivity index (χ4n) is 14.3. The lowest BCUT2D eigenvalue weighted by Crippen LogP contribution is -2.62. The van der Waals surface area contributed by atoms with Gasteiger partial charge in [0.25, 0.3) is 0 Å². The van der Waals surface area contributed by atoms with E-state index < -0.39 is 210 Å². The van der Waals surface area contributed by atoms with Crippen molar-refractivity contribution in [3.63, 3.8) is 0 Å². The third kappa shape index (κ3) is 44.7. The van der Waals surface area contributed by atoms with Gasteiger partial charge >= 0.3 is 11.9 Å². The average Bonchev–Trinajstić information content (AvgIpc) is 1.15. The van der Waals surface area contributed by atoms with Crippen LogP contribution in [0.5, 0.6) is 5.75 Å². The number of amides is 14. The monoisotopic (exact) mass is 1880 g/mol. The second-order valence-corrected chi connectivity index (χ2v) is 36.1. The summed E-state index contributed by atoms with van der Waals surface area (Å²) in [6.07, 6.45) is 3.14. The molecule has 2 aromatic carbocycles. The minimum atomic E-state index is -1.65. The zero-order chi connectivity index (χ0) is 101. The molecule has 0 aliphatic rings. The number of imidazole rings is 1. The van der Waals surface area contributed by atoms with Crippen molar-refractivity contribution in [2.24, 2.45) is 64.2 Å². The number of carboxylic acid groups (broad SMARTS) is 2. The molecule has 0 radical (unpaired) electrons. The number of carboxylic acids is 2. The number of H-pyrrole nitrogens is 1. The largest absolute Gasteiger partial charge is 0.508 e. The van der Waals surface area contributed by atoms with Crippen LogP contribution in [0.1, 0.15) is 210 Å². The van der Waals surface area contributed by atoms with Gasteiger partial charge in [0.15, 0.2) is 11.9 Å². The number of hydrogen-bond donors (Lipinski definition) is 27. The van der Waals surface area contributed by atoms with Crippen molar-refractivity contribution in [2.75, 3.05) is 26.2 Å². The standard InChI is InChI=1S/C90H149N25O19/c1-48(2)39-64(79(124)105-60(26-17-19-35-91)76(121)111-69(44-56-29-31-58(116)32-30-56)82(127)106-63(88(133)134)28-22-38-100-90(96)97)108-80(125)65(40-49(3)4)109-81(126)66(41-50(5)6)110-83(128)68(43-55-23-15-14-16-24-55)112-84(129)70(45-57-46-98-47-101-57)113-87(132)73(53(11)12)115-85(130)67(42-51(7)8)107-77(122)62(33-34-71(117)118)103-74(119)54(13)102-86(131)72(52(9)10)114-78(123)61(27-18-20-36-92)104-75(120)59(93)25-21-37-99-89(94)95/h14-16,23-24,29-32,46-54,59-70,72-73,116H,17-22,25-28,33-45,91-93H2,1-13H3,(H,98,101)(H,102,131)(H,103,119)(H,104,120)(H,105,124)(H,106,127)(H,107,122)(H,108,125)(H,109,126)(H,110,128)(H,111,121)(H,112,129)(H,113,132)(H,114,123)(H,115,130)(H,117,118)(H,133,134)(H4,94,95,99)(H4,96,97,100). The van der Waals surface area contributed by atoms with Crippen molar-refractivity contribution in [2.45, 2.75) is 303 Å². The van der Waals surface area contributed by atoms with Gasteiger partial charge in [0, 0.05) is 45.0 Å². The van der Waals surface area contributed by atoms with Gasteiger partial charge in [-0.2, -0.15) is 0 Å². The lowest BCUT2D eigenvalue weighted by atomic mass is 9.98. The number of aromatic nitrogens is 2. The molecule has 0 aliphatic carbocycles. The Hall–Kier alpha value is -12.6. The van der Waals surface area contributed by atoms with Crippen molar-refractivity contribution < 1.29 is 92.0 Å². The lowest BCUT2D eigenvalue weighted by Gasteiger charge is -2.30. The van der Waals surface area contributed by atoms with E-state index in [2.05, 4.69) is 95.0 Å². The zero-order valence-electron chi connectivity index (χ0n) is 79.4. The van der Waals surface area contributed by atoms with E-state index in [4.69, 9.17) is 39.5 Å². The van der Waals surface area contributed by atoms with Gasteiger partial charge in [0.2, 0.25) is 82.7 Å². The molecule has 0 bridgehead atoms. The summed E-state index contributed by atoms with van der Waals surface area (Å²) >= 11 is 0. The molecule has 134 heavy (non-hydrogen) atoms. The Morgan fingerprint density at radius 1 is 0.366 bits per heavy atom. The van der Waals surface area contributed by atoms with Crippen LogP contribution in [0.4, 0.5) is 0 Å². The van der Waals surface area contributed by atoms with E-state index in [1.165, 1.54) is 43.7 Å². The van der Waals surface area contributed by atoms with E-state index in [1.807, 2.05) is 0 Å². The van der Waals surface area contributed by atoms with Crippen molar-refractivity contribution in [3.05, 3.63) is 83.9 Å². The van der Waals surface area contributed by atoms with E-state index in [1.54, 1.807) is 113 Å². The molecule has 3 aromatic rings. The van der Waals surface area contributed by atoms with Crippen molar-refractivity contribution in [3.8, 4) is 5.75 Å². The second kappa shape index (κ2) is 60.5. The first-order valence-corrected chi connectivity index (χ1v) is 45.9. The van der Waals surface area contributed by atoms with Crippen LogP contribution in [0.3, 0.4) is 0 Å². The van der Waals surface area contributed by atoms with Crippen LogP contribution in [-0.2, 0) is 96.0 Å². The summed E-state index contributed by atoms with van der Waals surface area (Å²) < 4.78 is 0. The van der Waals surface area contributed by atoms with Crippen LogP contribution in [0.2, 0.25) is 0 Å². The molecular formula is C90H149N25O19. The summed E-state index contributed by atoms with van der Waals surface area (Å²) in [5.74, 6) is -18.1. The van der Waals surface area contributed by atoms with Gasteiger partial charge < -0.3 is 134 Å². The van der Waals surface area contributed by atoms with E-state index in [0.29, 0.717) is 43.2 Å². The SMILES string of the molecule is CC(C)CC(NC(=O)C(CC(C)C)NC(=O)C(CC(C)C)NC(=O)C(Cc1ccccc1)NC(=O)C(Cc1c[nH]cn1)NC(=O)C(NC(=O)C(CC(C)C)NC(=O)C(CCC(=O)O)NC(=O)C(C)NC(=O)C(NC(=O)C(CCCCN)NC(=O)C(N)CCCNC(=N)N)C(C)C)C(C)C)C(=O)NC(CCCCN)C(=O)NC(Cc1ccc(O)cc1)C(=O)NC(CCCNC(=N)N)C(=O)O. The molecule has 0 saturated carbocycles. The molecule has 15 atom stereocenters. The number of benzene rings is 2. The number of hydrogen-bond acceptors (Lipinski definition) is 23. The summed E-state index contributed by atoms with van der Waals surface area (Å²) in [4.78, 5) is 234. The fraction of sp³-hybridized carbons (Fsp3) is 0.633. The molecule has 44 nitrogen and oxygen atoms in total. The number of phenolic OH excluding ortho intramolecular Hbond substituents is 1. The van der Waals surface area contributed by atoms with Gasteiger partial charge in [-0.05, 0) is 175 Å². The van der Waals surface area contributed by atoms with Gasteiger partial charge in [-0.1, -0.05) is 126 Å². The highest BCUT2D eigenvalue weighted by molar-refractivity contribution is 6.01. The van der Waals surface area contributed by atoms with Crippen molar-refractivity contribution in [1.29, 1.82) is 10.8 Å². The first kappa shape index (κ1) is 116. The number of guanidine groups is 2. The molecule has 748 valence electrons. The summed E-state index contributed by atoms with van der Waals surface area (Å²) in [5, 5.41) is 87.4. The highest BCUT2D eigenvalue weighted by Crippen LogP contribution is 2.19. The van der Waals surface area contributed by atoms with Crippen LogP contribution in [-0.4, -0.2) is 249 Å². The van der Waals surface area contributed by atoms with E-state index in [0.717, 1.165) is 0 Å². The number of carbonyl (C=O) groups excluding carboxylic acids is 14. The van der Waals surface area contributed by atoms with Crippen LogP contribution in [0, 0.1) is 46.3 Å². The first-order chi connectivity index (χ1) is 63.1. The van der Waals surface area contributed by atoms with E-state index >= 15 is 9.59 Å². The summed E-state index contributed by atoms with van der Waals surface area (Å²) in [7, 11) is 0. The lowest BCUT2D eigenvalue weighted by molar-refractivity contribution is -0.142. The maximum absolute atomic E-state index is 15.1. The van der Waals surface area contributed by atoms with Crippen LogP contribution >= 0.6 is 0 Å². The Labute approximate surface area is 783 Å². The maximum Gasteiger partial charge on any atom is 0.326 e. The molecular weight excluding hydrogens is 1740 g/mol. The number of carbonyl (C=O) groups is 16. The third-order valence-corrected chi connectivity index (χ3v) is 21.5. The van der Waals surface area contributed by atoms with E-state index in [9.17, 15) is 82.4 Å². The highest BCUT2D eigenvalue weighted by Gasteiger charge is 2.40. The number of aromatic amines is 1. The fourth-order valence-corrected chi connectivity index (χ4v) is 14.3. The molecule has 14 amide bonds. The summed E-state index contributed by atoms with van der Waals surface area (Å²) in [5.41, 5.74) is 29.7. The molecule has 44 heteroatoms. The molecule has 0 aliphatic heterocycles. The Morgan fingerprint density at radius 3 is 1.08 bits per heavy atom. The van der Waals surface area contributed by atoms with Crippen molar-refractivity contribution >= 4 is 107 Å². The molecule has 15 unspecified atom stereocenters. The summed E-state index contributed by atoms with van der Waals surface area (Å²) in [6.45, 7) is 22.8. The molecule has 32 N–H and O–H groups in total. The predicted molar refractivity (Wildman–Crippen MR) is 501 cm³/mol. The van der Waals surface area contributed by atoms with Crippen LogP contribution in [0.15, 0.2) is 67.1 Å². The summed E-state index contributed by atoms with van der Waals surface area (Å²) in [6, 6.07) is -6.75. The minimum Gasteiger partial charge on any atom is -0.508 e. The van der Waals surface area contributed by atoms with Crippen LogP contribution in [0.25, 0.3) is 0 Å². The predicted octanol–water partition coefficient (Wildman–Crippen LogP) is -1.49. The third-order valence-electron chi connectivity index (χ3n) is 21.5. The van der Waals surface area contributed by atoms with Gasteiger partial charge in [0.1, 0.15) is 90.3 Å². The minimum absolute atomic E-state index is 0.00139. The van der Waals surface area contributed by atoms with Crippen molar-refractivity contribution in [1.82, 2.24) is 95.0 Å². The van der Waals surface area contributed by atoms with Gasteiger partial charge in [0.05, 0.1) is 18.1 Å². The Balaban J connectivity index is 1.97. The topological polar surface area (TPSA) is 733 Å². The molecule has 0 fully saturated rings. The second-order valence-electron chi connectivity index (χ2n) is 36.1. The molecule has 1 aromatic heterocycles. The quantitative estimate of drug-likeness (QED) is 0.0174. The average molecular weight is 1890 g/mol. The number of aromatic hydroxyl groups is 1. The number of phenols is 1. The van der Waals surface area contributed by atoms with E-state index in [-0.39, 0.29) is 150 Å². The number of unbranched alkanes of at least 4 members (excludes halogenated alkanes) is 2. The zero-order valence-corrected chi connectivity index (χ0v) is 79.4. The first-order valence-electron chi connectivity index (χ1n) is 45.9. The number of nitrogens with zero attached hydrogens (tertiary/aromatic N) is 1. The Bertz CT molecular complexity index is 4290. The number of aliphatic carboxylic acids is 2. The molecule has 0 saturated heterocycles. The molecule has 0 spiro atoms. The van der Waals surface area contributed by atoms with Gasteiger partial charge in [-0.15, -0.1) is 0 Å². The number of nitrogens with two attached hydrogens (primary N) is 5. The van der Waals surface area contributed by atoms with Gasteiger partial charge in [-0.25, -0.2) is 9.78 Å². The normalized spacial score (nSPS) is 14.7. The maximum atomic E-state index is 15.1. The Kier molecular flexibility index (Phi) is 52.2. The number of rotatable bonds is 64. The number of nitrogens with one attached hydrogen (secondary N) is 19.